The molecule has 0 aliphatic heterocycles. The number of carbonyl (C=O) groups is 2. The summed E-state index contributed by atoms with van der Waals surface area (Å²) in [5.41, 5.74) is 3.78. The van der Waals surface area contributed by atoms with Crippen LogP contribution >= 0.6 is 0 Å². The summed E-state index contributed by atoms with van der Waals surface area (Å²) in [5.74, 6) is 0.536. The molecule has 4 rings (SSSR count). The smallest absolute Gasteiger partial charge is 0.337 e. The van der Waals surface area contributed by atoms with E-state index in [9.17, 15) is 9.59 Å². The van der Waals surface area contributed by atoms with Gasteiger partial charge in [-0.25, -0.2) is 4.79 Å². The number of hydrogen-bond acceptors (Lipinski definition) is 8. The minimum atomic E-state index is -0.400. The molecule has 10 heteroatoms. The molecule has 10 nitrogen and oxygen atoms in total. The van der Waals surface area contributed by atoms with Crippen molar-refractivity contribution >= 4 is 34.5 Å². The van der Waals surface area contributed by atoms with Crippen LogP contribution in [0.2, 0.25) is 0 Å². The number of fused-ring (bicyclic) bond motifs is 1. The maximum absolute atomic E-state index is 11.9. The summed E-state index contributed by atoms with van der Waals surface area (Å²) in [6, 6.07) is 12.1. The molecule has 3 N–H and O–H groups in total. The molecule has 0 saturated carbocycles. The molecule has 0 aliphatic carbocycles. The lowest BCUT2D eigenvalue weighted by atomic mass is 10.0. The Morgan fingerprint density at radius 3 is 2.43 bits per heavy atom. The minimum Gasteiger partial charge on any atom is -0.495 e. The fourth-order valence-corrected chi connectivity index (χ4v) is 3.63. The normalized spacial score (nSPS) is 10.6. The largest absolute Gasteiger partial charge is 0.495 e. The molecule has 35 heavy (non-hydrogen) atoms. The van der Waals surface area contributed by atoms with Gasteiger partial charge in [-0.05, 0) is 42.8 Å². The molecule has 2 aromatic heterocycles. The number of rotatable bonds is 8. The number of amides is 1. The van der Waals surface area contributed by atoms with Crippen LogP contribution in [-0.2, 0) is 4.74 Å². The second-order valence-corrected chi connectivity index (χ2v) is 7.40. The van der Waals surface area contributed by atoms with Crippen LogP contribution in [0.4, 0.5) is 11.6 Å². The summed E-state index contributed by atoms with van der Waals surface area (Å²) in [7, 11) is 4.43. The number of methoxy groups -OCH3 is 2. The predicted octanol–water partition coefficient (Wildman–Crippen LogP) is 3.92. The van der Waals surface area contributed by atoms with Gasteiger partial charge in [-0.15, -0.1) is 0 Å². The second-order valence-electron chi connectivity index (χ2n) is 7.40. The highest BCUT2D eigenvalue weighted by Gasteiger charge is 2.18. The number of esters is 1. The monoisotopic (exact) mass is 475 g/mol. The average Bonchev–Trinajstić information content (AvgIpc) is 3.32. The first-order valence-electron chi connectivity index (χ1n) is 10.9. The zero-order valence-electron chi connectivity index (χ0n) is 19.8. The van der Waals surface area contributed by atoms with E-state index in [1.807, 2.05) is 25.3 Å². The quantitative estimate of drug-likeness (QED) is 0.327. The van der Waals surface area contributed by atoms with Crippen LogP contribution in [0.15, 0.2) is 48.7 Å². The molecular weight excluding hydrogens is 450 g/mol. The molecule has 0 atom stereocenters. The third-order valence-electron chi connectivity index (χ3n) is 5.33. The van der Waals surface area contributed by atoms with Crippen LogP contribution in [0.5, 0.6) is 11.6 Å². The summed E-state index contributed by atoms with van der Waals surface area (Å²) in [6.45, 7) is 2.28. The SMILES string of the molecule is CCOc1nc(Nc2ccc(C(=O)NC)cc2OC)nc2[nH]cc(-c3ccc(C(=O)OC)cc3)c12. The summed E-state index contributed by atoms with van der Waals surface area (Å²) in [6.07, 6.45) is 1.82. The number of anilines is 2. The number of ether oxygens (including phenoxy) is 3. The lowest BCUT2D eigenvalue weighted by Crippen LogP contribution is -2.17. The van der Waals surface area contributed by atoms with Gasteiger partial charge in [-0.1, -0.05) is 12.1 Å². The number of hydrogen-bond donors (Lipinski definition) is 3. The summed E-state index contributed by atoms with van der Waals surface area (Å²) < 4.78 is 16.1. The molecule has 0 spiro atoms. The van der Waals surface area contributed by atoms with Crippen molar-refractivity contribution in [3.8, 4) is 22.8 Å². The maximum Gasteiger partial charge on any atom is 0.337 e. The Labute approximate surface area is 201 Å². The fraction of sp³-hybridized carbons (Fsp3) is 0.200. The van der Waals surface area contributed by atoms with Gasteiger partial charge < -0.3 is 29.8 Å². The highest BCUT2D eigenvalue weighted by atomic mass is 16.5. The summed E-state index contributed by atoms with van der Waals surface area (Å²) in [4.78, 5) is 36.1. The van der Waals surface area contributed by atoms with Gasteiger partial charge in [0, 0.05) is 24.4 Å². The number of nitrogens with zero attached hydrogens (tertiary/aromatic N) is 2. The Balaban J connectivity index is 1.72. The lowest BCUT2D eigenvalue weighted by molar-refractivity contribution is 0.0600. The zero-order valence-corrected chi connectivity index (χ0v) is 19.8. The van der Waals surface area contributed by atoms with E-state index in [1.54, 1.807) is 37.4 Å². The first kappa shape index (κ1) is 23.6. The van der Waals surface area contributed by atoms with Gasteiger partial charge in [0.1, 0.15) is 11.4 Å². The number of aromatic amines is 1. The number of nitrogens with one attached hydrogen (secondary N) is 3. The van der Waals surface area contributed by atoms with Gasteiger partial charge in [0.2, 0.25) is 11.8 Å². The highest BCUT2D eigenvalue weighted by molar-refractivity contribution is 5.99. The molecule has 1 amide bonds. The van der Waals surface area contributed by atoms with Gasteiger partial charge in [0.25, 0.3) is 5.91 Å². The van der Waals surface area contributed by atoms with Crippen molar-refractivity contribution in [3.05, 3.63) is 59.8 Å². The first-order chi connectivity index (χ1) is 17.0. The zero-order chi connectivity index (χ0) is 24.9. The van der Waals surface area contributed by atoms with Crippen LogP contribution in [0.1, 0.15) is 27.6 Å². The van der Waals surface area contributed by atoms with E-state index in [2.05, 4.69) is 25.6 Å². The molecule has 2 heterocycles. The number of benzene rings is 2. The topological polar surface area (TPSA) is 127 Å². The number of carbonyl (C=O) groups excluding carboxylic acids is 2. The molecule has 0 radical (unpaired) electrons. The van der Waals surface area contributed by atoms with Crippen LogP contribution in [0.3, 0.4) is 0 Å². The molecule has 4 aromatic rings. The Morgan fingerprint density at radius 1 is 1.03 bits per heavy atom. The number of H-pyrrole nitrogens is 1. The van der Waals surface area contributed by atoms with Gasteiger partial charge in [-0.3, -0.25) is 4.79 Å². The second kappa shape index (κ2) is 10.1. The van der Waals surface area contributed by atoms with Gasteiger partial charge in [0.15, 0.2) is 0 Å². The van der Waals surface area contributed by atoms with Crippen molar-refractivity contribution < 1.29 is 23.8 Å². The summed E-state index contributed by atoms with van der Waals surface area (Å²) >= 11 is 0. The maximum atomic E-state index is 11.9. The van der Waals surface area contributed by atoms with Crippen LogP contribution in [0.25, 0.3) is 22.2 Å². The van der Waals surface area contributed by atoms with Crippen molar-refractivity contribution in [1.82, 2.24) is 20.3 Å². The van der Waals surface area contributed by atoms with Gasteiger partial charge >= 0.3 is 5.97 Å². The molecule has 0 aliphatic rings. The molecule has 0 fully saturated rings. The van der Waals surface area contributed by atoms with E-state index in [1.165, 1.54) is 14.2 Å². The molecule has 2 aromatic carbocycles. The van der Waals surface area contributed by atoms with Crippen molar-refractivity contribution in [2.24, 2.45) is 0 Å². The van der Waals surface area contributed by atoms with E-state index in [0.29, 0.717) is 52.0 Å². The van der Waals surface area contributed by atoms with Crippen molar-refractivity contribution in [1.29, 1.82) is 0 Å². The van der Waals surface area contributed by atoms with E-state index in [-0.39, 0.29) is 5.91 Å². The van der Waals surface area contributed by atoms with Crippen molar-refractivity contribution in [2.75, 3.05) is 33.2 Å². The van der Waals surface area contributed by atoms with E-state index in [4.69, 9.17) is 14.2 Å². The first-order valence-corrected chi connectivity index (χ1v) is 10.9. The minimum absolute atomic E-state index is 0.218. The molecule has 0 saturated heterocycles. The summed E-state index contributed by atoms with van der Waals surface area (Å²) in [5, 5.41) is 6.44. The molecule has 0 unspecified atom stereocenters. The van der Waals surface area contributed by atoms with E-state index >= 15 is 0 Å². The van der Waals surface area contributed by atoms with Crippen molar-refractivity contribution in [3.63, 3.8) is 0 Å². The Hall–Kier alpha value is -4.60. The van der Waals surface area contributed by atoms with E-state index < -0.39 is 5.97 Å². The molecule has 0 bridgehead atoms. The molecular formula is C25H25N5O5. The van der Waals surface area contributed by atoms with Crippen LogP contribution < -0.4 is 20.1 Å². The lowest BCUT2D eigenvalue weighted by Gasteiger charge is -2.13. The third-order valence-corrected chi connectivity index (χ3v) is 5.33. The average molecular weight is 476 g/mol. The Morgan fingerprint density at radius 2 is 1.77 bits per heavy atom. The van der Waals surface area contributed by atoms with Gasteiger partial charge in [-0.2, -0.15) is 9.97 Å². The molecule has 180 valence electrons. The predicted molar refractivity (Wildman–Crippen MR) is 132 cm³/mol. The standard InChI is InChI=1S/C25H25N5O5/c1-5-35-23-20-17(14-6-8-15(9-7-14)24(32)34-4)13-27-21(20)29-25(30-23)28-18-11-10-16(22(31)26-2)12-19(18)33-3/h6-13H,5H2,1-4H3,(H,26,31)(H2,27,28,29,30). The van der Waals surface area contributed by atoms with E-state index in [0.717, 1.165) is 11.1 Å². The van der Waals surface area contributed by atoms with Gasteiger partial charge in [0.05, 0.1) is 37.5 Å². The van der Waals surface area contributed by atoms with Crippen LogP contribution in [0, 0.1) is 0 Å². The Bertz CT molecular complexity index is 1380. The van der Waals surface area contributed by atoms with Crippen LogP contribution in [-0.4, -0.2) is 54.7 Å². The third kappa shape index (κ3) is 4.72. The number of aromatic nitrogens is 3. The van der Waals surface area contributed by atoms with Crippen molar-refractivity contribution in [2.45, 2.75) is 6.92 Å². The Kier molecular flexibility index (Phi) is 6.81. The fourth-order valence-electron chi connectivity index (χ4n) is 3.63. The highest BCUT2D eigenvalue weighted by Crippen LogP contribution is 2.36.